The molecule has 2 heterocycles. The van der Waals surface area contributed by atoms with Crippen molar-refractivity contribution in [2.75, 3.05) is 18.9 Å². The summed E-state index contributed by atoms with van der Waals surface area (Å²) in [6.07, 6.45) is 5.30. The predicted octanol–water partition coefficient (Wildman–Crippen LogP) is 3.76. The number of aromatic amines is 1. The highest BCUT2D eigenvalue weighted by Crippen LogP contribution is 2.56. The van der Waals surface area contributed by atoms with Gasteiger partial charge in [0.25, 0.3) is 5.56 Å². The molecule has 1 aliphatic rings. The number of hydrogen-bond donors (Lipinski definition) is 4. The van der Waals surface area contributed by atoms with Gasteiger partial charge in [0.15, 0.2) is 11.2 Å². The number of carbonyl (C=O) groups is 2. The number of nitrogen functional groups attached to an aromatic ring is 1. The number of nitrogens with two attached hydrogens (primary N) is 2. The van der Waals surface area contributed by atoms with Gasteiger partial charge in [-0.3, -0.25) is 28.5 Å². The minimum Gasteiger partial charge on any atom is -0.463 e. The van der Waals surface area contributed by atoms with Crippen LogP contribution in [0, 0.1) is 11.3 Å². The molecule has 47 heavy (non-hydrogen) atoms. The molecule has 15 nitrogen and oxygen atoms in total. The number of nitrogens with one attached hydrogen (secondary N) is 2. The Morgan fingerprint density at radius 2 is 1.89 bits per heavy atom. The minimum atomic E-state index is -4.24. The molecule has 0 bridgehead atoms. The Labute approximate surface area is 273 Å². The number of benzene rings is 1. The number of imidazole rings is 1. The molecular weight excluding hydrogens is 629 g/mol. The lowest BCUT2D eigenvalue weighted by Gasteiger charge is -2.26. The highest BCUT2D eigenvalue weighted by molar-refractivity contribution is 7.52. The van der Waals surface area contributed by atoms with E-state index in [0.29, 0.717) is 19.3 Å². The van der Waals surface area contributed by atoms with Crippen molar-refractivity contribution in [2.24, 2.45) is 17.1 Å². The molecule has 6 N–H and O–H groups in total. The smallest absolute Gasteiger partial charge is 0.459 e. The first-order valence-electron chi connectivity index (χ1n) is 15.6. The third kappa shape index (κ3) is 9.07. The quantitative estimate of drug-likeness (QED) is 0.119. The van der Waals surface area contributed by atoms with Crippen LogP contribution in [0.1, 0.15) is 60.3 Å². The number of carbonyl (C=O) groups excluding carboxylic acids is 2. The summed E-state index contributed by atoms with van der Waals surface area (Å²) in [5, 5.41) is 2.70. The summed E-state index contributed by atoms with van der Waals surface area (Å²) in [6.45, 7) is 8.67. The molecule has 1 aromatic carbocycles. The summed E-state index contributed by atoms with van der Waals surface area (Å²) in [4.78, 5) is 48.7. The maximum Gasteiger partial charge on any atom is 0.459 e. The van der Waals surface area contributed by atoms with Crippen LogP contribution in [0.5, 0.6) is 5.75 Å². The zero-order valence-electron chi connectivity index (χ0n) is 27.3. The fraction of sp³-hybridized carbons (Fsp3) is 0.516. The number of ether oxygens (including phenoxy) is 2. The van der Waals surface area contributed by atoms with E-state index in [1.165, 1.54) is 17.8 Å². The summed E-state index contributed by atoms with van der Waals surface area (Å²) >= 11 is 0. The summed E-state index contributed by atoms with van der Waals surface area (Å²) in [5.74, 6) is -1.15. The van der Waals surface area contributed by atoms with Crippen LogP contribution in [0.3, 0.4) is 0 Å². The van der Waals surface area contributed by atoms with Crippen LogP contribution < -0.4 is 26.6 Å². The largest absolute Gasteiger partial charge is 0.463 e. The molecule has 3 aromatic rings. The van der Waals surface area contributed by atoms with Gasteiger partial charge in [-0.2, -0.15) is 10.1 Å². The standard InChI is InChI=1S/C31H44N7O8P/c1-6-11-20(4)45-28(40)21(5)37-47(42,46-23-12-9-8-10-13-23)44-17-31(16-43-29(41)24(32)19(3)7-2)14-22(31)15-38-18-34-25-26(38)35-30(33)36-27(25)39/h8-10,12-13,15,18-21,24H,6-7,11,14,16-17,32H2,1-5H3,(H,37,42)(H3,33,35,36,39)/b22-15-/t19?,20-,21-,24?,31-,47-/m0/s1. The van der Waals surface area contributed by atoms with Gasteiger partial charge in [-0.15, -0.1) is 0 Å². The van der Waals surface area contributed by atoms with E-state index in [1.54, 1.807) is 43.5 Å². The first kappa shape index (κ1) is 35.8. The Morgan fingerprint density at radius 3 is 2.57 bits per heavy atom. The van der Waals surface area contributed by atoms with Crippen LogP contribution in [0.2, 0.25) is 0 Å². The lowest BCUT2D eigenvalue weighted by atomic mass is 10.0. The zero-order chi connectivity index (χ0) is 34.4. The topological polar surface area (TPSA) is 216 Å². The number of para-hydroxylation sites is 1. The second-order valence-corrected chi connectivity index (χ2v) is 13.7. The van der Waals surface area contributed by atoms with Crippen molar-refractivity contribution < 1.29 is 32.7 Å². The van der Waals surface area contributed by atoms with Crippen LogP contribution in [-0.4, -0.2) is 62.9 Å². The van der Waals surface area contributed by atoms with Crippen LogP contribution in [0.4, 0.5) is 5.95 Å². The molecule has 1 fully saturated rings. The normalized spacial score (nSPS) is 20.6. The second-order valence-electron chi connectivity index (χ2n) is 12.0. The van der Waals surface area contributed by atoms with Gasteiger partial charge in [-0.1, -0.05) is 51.8 Å². The van der Waals surface area contributed by atoms with Crippen molar-refractivity contribution >= 4 is 43.0 Å². The molecule has 2 unspecified atom stereocenters. The van der Waals surface area contributed by atoms with Crippen LogP contribution in [0.15, 0.2) is 47.0 Å². The van der Waals surface area contributed by atoms with Crippen molar-refractivity contribution in [1.29, 1.82) is 0 Å². The average molecular weight is 674 g/mol. The zero-order valence-corrected chi connectivity index (χ0v) is 28.2. The van der Waals surface area contributed by atoms with Gasteiger partial charge in [-0.25, -0.2) is 9.55 Å². The molecule has 0 spiro atoms. The molecule has 1 aliphatic carbocycles. The Bertz CT molecular complexity index is 1690. The molecule has 4 rings (SSSR count). The first-order chi connectivity index (χ1) is 22.3. The Balaban J connectivity index is 1.61. The molecule has 256 valence electrons. The minimum absolute atomic E-state index is 0.0807. The summed E-state index contributed by atoms with van der Waals surface area (Å²) in [5.41, 5.74) is 11.5. The maximum absolute atomic E-state index is 14.2. The van der Waals surface area contributed by atoms with Crippen LogP contribution in [-0.2, 0) is 28.2 Å². The first-order valence-corrected chi connectivity index (χ1v) is 17.2. The third-order valence-corrected chi connectivity index (χ3v) is 9.67. The highest BCUT2D eigenvalue weighted by atomic mass is 31.2. The SMILES string of the molecule is CCC[C@H](C)OC(=O)[C@H](C)N[P@](=O)(OC[C@@]1(COC(=O)C(N)C(C)CC)C/C1=C/n1cnc2c(=O)[nH]c(N)nc21)Oc1ccccc1. The highest BCUT2D eigenvalue weighted by Gasteiger charge is 2.53. The molecule has 2 aromatic heterocycles. The monoisotopic (exact) mass is 673 g/mol. The van der Waals surface area contributed by atoms with Crippen LogP contribution >= 0.6 is 7.75 Å². The van der Waals surface area contributed by atoms with Crippen molar-refractivity contribution in [3.8, 4) is 5.75 Å². The van der Waals surface area contributed by atoms with Crippen molar-refractivity contribution in [3.63, 3.8) is 0 Å². The number of nitrogens with zero attached hydrogens (tertiary/aromatic N) is 3. The molecule has 0 radical (unpaired) electrons. The predicted molar refractivity (Wildman–Crippen MR) is 176 cm³/mol. The molecule has 0 saturated heterocycles. The van der Waals surface area contributed by atoms with Gasteiger partial charge in [-0.05, 0) is 50.3 Å². The number of aromatic nitrogens is 4. The van der Waals surface area contributed by atoms with Crippen LogP contribution in [0.25, 0.3) is 17.4 Å². The van der Waals surface area contributed by atoms with E-state index in [2.05, 4.69) is 20.0 Å². The average Bonchev–Trinajstić information content (AvgIpc) is 3.57. The molecule has 0 aliphatic heterocycles. The Morgan fingerprint density at radius 1 is 1.17 bits per heavy atom. The van der Waals surface area contributed by atoms with E-state index >= 15 is 0 Å². The maximum atomic E-state index is 14.2. The Kier molecular flexibility index (Phi) is 11.6. The van der Waals surface area contributed by atoms with E-state index in [9.17, 15) is 18.9 Å². The second kappa shape index (κ2) is 15.2. The van der Waals surface area contributed by atoms with Crippen molar-refractivity contribution in [1.82, 2.24) is 24.6 Å². The van der Waals surface area contributed by atoms with Gasteiger partial charge < -0.3 is 25.5 Å². The Hall–Kier alpha value is -4.04. The van der Waals surface area contributed by atoms with Gasteiger partial charge in [0.05, 0.1) is 18.1 Å². The van der Waals surface area contributed by atoms with Gasteiger partial charge in [0.1, 0.15) is 30.8 Å². The number of rotatable bonds is 17. The number of esters is 2. The van der Waals surface area contributed by atoms with E-state index in [4.69, 9.17) is 30.0 Å². The molecule has 16 heteroatoms. The fourth-order valence-corrected chi connectivity index (χ4v) is 6.38. The number of anilines is 1. The molecule has 1 saturated carbocycles. The van der Waals surface area contributed by atoms with E-state index in [1.807, 2.05) is 20.8 Å². The van der Waals surface area contributed by atoms with Gasteiger partial charge in [0.2, 0.25) is 5.95 Å². The van der Waals surface area contributed by atoms with Gasteiger partial charge in [0, 0.05) is 6.20 Å². The number of fused-ring (bicyclic) bond motifs is 1. The molecular formula is C31H44N7O8P. The number of H-pyrrole nitrogens is 1. The summed E-state index contributed by atoms with van der Waals surface area (Å²) in [7, 11) is -4.24. The third-order valence-electron chi connectivity index (χ3n) is 8.05. The summed E-state index contributed by atoms with van der Waals surface area (Å²) < 4.78 is 38.8. The van der Waals surface area contributed by atoms with E-state index < -0.39 is 42.7 Å². The fourth-order valence-electron chi connectivity index (χ4n) is 4.80. The number of hydrogen-bond acceptors (Lipinski definition) is 12. The molecule has 6 atom stereocenters. The lowest BCUT2D eigenvalue weighted by molar-refractivity contribution is -0.150. The van der Waals surface area contributed by atoms with Crippen molar-refractivity contribution in [2.45, 2.75) is 78.5 Å². The van der Waals surface area contributed by atoms with E-state index in [-0.39, 0.29) is 48.1 Å². The molecule has 0 amide bonds. The van der Waals surface area contributed by atoms with Crippen molar-refractivity contribution in [3.05, 3.63) is 52.6 Å². The summed E-state index contributed by atoms with van der Waals surface area (Å²) in [6, 6.07) is 6.49. The lowest BCUT2D eigenvalue weighted by Crippen LogP contribution is -2.39. The van der Waals surface area contributed by atoms with E-state index in [0.717, 1.165) is 12.0 Å². The van der Waals surface area contributed by atoms with Gasteiger partial charge >= 0.3 is 19.7 Å².